The van der Waals surface area contributed by atoms with Gasteiger partial charge in [0.1, 0.15) is 0 Å². The smallest absolute Gasteiger partial charge is 0.335 e. The van der Waals surface area contributed by atoms with E-state index in [-0.39, 0.29) is 22.9 Å². The monoisotopic (exact) mass is 306 g/mol. The Morgan fingerprint density at radius 3 is 2.67 bits per heavy atom. The maximum absolute atomic E-state index is 10.8. The summed E-state index contributed by atoms with van der Waals surface area (Å²) in [5.41, 5.74) is 0.821. The minimum Gasteiger partial charge on any atom is -0.478 e. The van der Waals surface area contributed by atoms with Crippen LogP contribution in [0.3, 0.4) is 0 Å². The highest BCUT2D eigenvalue weighted by Crippen LogP contribution is 2.27. The first kappa shape index (κ1) is 14.9. The molecular weight excluding hydrogens is 296 g/mol. The number of nitrogens with zero attached hydrogens (tertiary/aromatic N) is 2. The zero-order chi connectivity index (χ0) is 15.2. The highest BCUT2D eigenvalue weighted by atomic mass is 32.2. The number of aromatic nitrogens is 1. The Kier molecular flexibility index (Phi) is 4.85. The number of nitro groups is 1. The van der Waals surface area contributed by atoms with Crippen molar-refractivity contribution >= 4 is 23.7 Å². The summed E-state index contributed by atoms with van der Waals surface area (Å²) >= 11 is 0.812. The number of aromatic carboxylic acids is 1. The molecule has 0 atom stereocenters. The first-order valence-corrected chi connectivity index (χ1v) is 6.53. The van der Waals surface area contributed by atoms with E-state index in [0.717, 1.165) is 17.6 Å². The average Bonchev–Trinajstić information content (AvgIpc) is 2.48. The van der Waals surface area contributed by atoms with E-state index in [1.165, 1.54) is 30.5 Å². The number of benzene rings is 1. The van der Waals surface area contributed by atoms with Gasteiger partial charge in [0.25, 0.3) is 0 Å². The second-order valence-electron chi connectivity index (χ2n) is 3.93. The molecule has 1 heterocycles. The van der Waals surface area contributed by atoms with Gasteiger partial charge in [0, 0.05) is 12.3 Å². The average molecular weight is 306 g/mol. The Hall–Kier alpha value is -2.45. The molecule has 0 bridgehead atoms. The van der Waals surface area contributed by atoms with E-state index in [1.807, 2.05) is 0 Å². The largest absolute Gasteiger partial charge is 0.478 e. The summed E-state index contributed by atoms with van der Waals surface area (Å²) in [6.07, 6.45) is 1.44. The van der Waals surface area contributed by atoms with Crippen molar-refractivity contribution in [2.45, 2.75) is 11.6 Å². The molecule has 0 spiro atoms. The number of hydrogen-bond donors (Lipinski definition) is 1. The SMILES string of the molecule is O=C(O)c1ccc(COSc2ncccc2[N+](=O)[O-])cc1. The first-order chi connectivity index (χ1) is 10.1. The van der Waals surface area contributed by atoms with Crippen molar-refractivity contribution in [3.8, 4) is 0 Å². The summed E-state index contributed by atoms with van der Waals surface area (Å²) < 4.78 is 5.30. The van der Waals surface area contributed by atoms with Crippen molar-refractivity contribution in [2.75, 3.05) is 0 Å². The lowest BCUT2D eigenvalue weighted by molar-refractivity contribution is -0.388. The molecule has 8 heteroatoms. The molecule has 0 unspecified atom stereocenters. The molecule has 108 valence electrons. The predicted octanol–water partition coefficient (Wildman–Crippen LogP) is 2.91. The van der Waals surface area contributed by atoms with E-state index in [0.29, 0.717) is 0 Å². The molecule has 0 radical (unpaired) electrons. The third-order valence-electron chi connectivity index (χ3n) is 2.51. The summed E-state index contributed by atoms with van der Waals surface area (Å²) in [6.45, 7) is 0.179. The molecule has 1 aromatic carbocycles. The minimum absolute atomic E-state index is 0.122. The van der Waals surface area contributed by atoms with Crippen LogP contribution in [0.1, 0.15) is 15.9 Å². The van der Waals surface area contributed by atoms with Crippen LogP contribution in [-0.2, 0) is 10.8 Å². The van der Waals surface area contributed by atoms with Gasteiger partial charge in [-0.25, -0.2) is 9.78 Å². The number of carbonyl (C=O) groups is 1. The fourth-order valence-electron chi connectivity index (χ4n) is 1.48. The van der Waals surface area contributed by atoms with Crippen LogP contribution in [0.2, 0.25) is 0 Å². The van der Waals surface area contributed by atoms with Gasteiger partial charge >= 0.3 is 11.7 Å². The molecule has 0 fully saturated rings. The van der Waals surface area contributed by atoms with E-state index in [2.05, 4.69) is 4.98 Å². The fourth-order valence-corrected chi connectivity index (χ4v) is 2.12. The highest BCUT2D eigenvalue weighted by molar-refractivity contribution is 7.94. The highest BCUT2D eigenvalue weighted by Gasteiger charge is 2.15. The lowest BCUT2D eigenvalue weighted by Crippen LogP contribution is -1.96. The third-order valence-corrected chi connectivity index (χ3v) is 3.22. The Bertz CT molecular complexity index is 660. The van der Waals surface area contributed by atoms with Crippen molar-refractivity contribution in [3.05, 3.63) is 63.8 Å². The molecular formula is C13H10N2O5S. The second-order valence-corrected chi connectivity index (χ2v) is 4.72. The number of carboxylic acid groups (broad SMARTS) is 1. The standard InChI is InChI=1S/C13H10N2O5S/c16-13(17)10-5-3-9(4-6-10)8-20-21-12-11(15(18)19)2-1-7-14-12/h1-7H,8H2,(H,16,17). The van der Waals surface area contributed by atoms with Crippen LogP contribution in [-0.4, -0.2) is 21.0 Å². The zero-order valence-corrected chi connectivity index (χ0v) is 11.4. The van der Waals surface area contributed by atoms with E-state index >= 15 is 0 Å². The molecule has 0 aliphatic rings. The van der Waals surface area contributed by atoms with Crippen LogP contribution in [0.4, 0.5) is 5.69 Å². The van der Waals surface area contributed by atoms with Crippen LogP contribution < -0.4 is 0 Å². The minimum atomic E-state index is -0.999. The van der Waals surface area contributed by atoms with Crippen LogP contribution >= 0.6 is 12.0 Å². The maximum Gasteiger partial charge on any atom is 0.335 e. The lowest BCUT2D eigenvalue weighted by atomic mass is 10.1. The Labute approximate surface area is 123 Å². The molecule has 0 aliphatic heterocycles. The van der Waals surface area contributed by atoms with Gasteiger partial charge < -0.3 is 9.29 Å². The Morgan fingerprint density at radius 2 is 2.05 bits per heavy atom. The van der Waals surface area contributed by atoms with Gasteiger partial charge in [-0.05, 0) is 23.8 Å². The van der Waals surface area contributed by atoms with Gasteiger partial charge in [-0.15, -0.1) is 0 Å². The topological polar surface area (TPSA) is 103 Å². The number of hydrogen-bond acceptors (Lipinski definition) is 6. The molecule has 2 rings (SSSR count). The lowest BCUT2D eigenvalue weighted by Gasteiger charge is -2.03. The zero-order valence-electron chi connectivity index (χ0n) is 10.6. The van der Waals surface area contributed by atoms with Crippen molar-refractivity contribution < 1.29 is 19.0 Å². The van der Waals surface area contributed by atoms with Gasteiger partial charge in [-0.2, -0.15) is 0 Å². The third kappa shape index (κ3) is 4.01. The van der Waals surface area contributed by atoms with E-state index in [4.69, 9.17) is 9.29 Å². The van der Waals surface area contributed by atoms with E-state index < -0.39 is 10.9 Å². The summed E-state index contributed by atoms with van der Waals surface area (Å²) in [5.74, 6) is -0.999. The van der Waals surface area contributed by atoms with Crippen LogP contribution in [0.5, 0.6) is 0 Å². The van der Waals surface area contributed by atoms with Gasteiger partial charge in [-0.3, -0.25) is 10.1 Å². The van der Waals surface area contributed by atoms with Crippen LogP contribution in [0.15, 0.2) is 47.6 Å². The number of rotatable bonds is 6. The number of carboxylic acids is 1. The molecule has 2 aromatic rings. The molecule has 0 aliphatic carbocycles. The molecule has 1 N–H and O–H groups in total. The van der Waals surface area contributed by atoms with Crippen molar-refractivity contribution in [1.29, 1.82) is 0 Å². The number of pyridine rings is 1. The van der Waals surface area contributed by atoms with Gasteiger partial charge in [0.15, 0.2) is 0 Å². The summed E-state index contributed by atoms with van der Waals surface area (Å²) in [6, 6.07) is 9.00. The molecule has 21 heavy (non-hydrogen) atoms. The molecule has 7 nitrogen and oxygen atoms in total. The normalized spacial score (nSPS) is 10.3. The molecule has 1 aromatic heterocycles. The van der Waals surface area contributed by atoms with E-state index in [9.17, 15) is 14.9 Å². The summed E-state index contributed by atoms with van der Waals surface area (Å²) in [5, 5.41) is 19.7. The summed E-state index contributed by atoms with van der Waals surface area (Å²) in [4.78, 5) is 24.9. The quantitative estimate of drug-likeness (QED) is 0.497. The summed E-state index contributed by atoms with van der Waals surface area (Å²) in [7, 11) is 0. The van der Waals surface area contributed by atoms with Gasteiger partial charge in [0.05, 0.1) is 29.1 Å². The Balaban J connectivity index is 1.95. The van der Waals surface area contributed by atoms with Gasteiger partial charge in [0.2, 0.25) is 5.03 Å². The van der Waals surface area contributed by atoms with Crippen LogP contribution in [0.25, 0.3) is 0 Å². The fraction of sp³-hybridized carbons (Fsp3) is 0.0769. The molecule has 0 saturated heterocycles. The maximum atomic E-state index is 10.8. The molecule has 0 amide bonds. The first-order valence-electron chi connectivity index (χ1n) is 5.79. The van der Waals surface area contributed by atoms with E-state index in [1.54, 1.807) is 12.1 Å². The van der Waals surface area contributed by atoms with Crippen LogP contribution in [0, 0.1) is 10.1 Å². The molecule has 0 saturated carbocycles. The predicted molar refractivity (Wildman–Crippen MR) is 74.9 cm³/mol. The Morgan fingerprint density at radius 1 is 1.33 bits per heavy atom. The second kappa shape index (κ2) is 6.82. The van der Waals surface area contributed by atoms with Crippen molar-refractivity contribution in [3.63, 3.8) is 0 Å². The van der Waals surface area contributed by atoms with Crippen molar-refractivity contribution in [1.82, 2.24) is 4.98 Å². The van der Waals surface area contributed by atoms with Crippen molar-refractivity contribution in [2.24, 2.45) is 0 Å². The van der Waals surface area contributed by atoms with Gasteiger partial charge in [-0.1, -0.05) is 12.1 Å².